The van der Waals surface area contributed by atoms with Gasteiger partial charge >= 0.3 is 0 Å². The molecule has 0 unspecified atom stereocenters. The lowest BCUT2D eigenvalue weighted by Crippen LogP contribution is -2.40. The largest absolute Gasteiger partial charge is 0.371 e. The number of nitrogens with zero attached hydrogens (tertiary/aromatic N) is 2. The molecule has 2 aliphatic heterocycles. The van der Waals surface area contributed by atoms with Gasteiger partial charge in [0.2, 0.25) is 0 Å². The summed E-state index contributed by atoms with van der Waals surface area (Å²) in [4.78, 5) is 31.1. The Bertz CT molecular complexity index is 1290. The molecule has 0 bridgehead atoms. The van der Waals surface area contributed by atoms with E-state index in [1.54, 1.807) is 18.2 Å². The quantitative estimate of drug-likeness (QED) is 0.336. The molecule has 5 rings (SSSR count). The van der Waals surface area contributed by atoms with Crippen LogP contribution in [0.1, 0.15) is 58.9 Å². The summed E-state index contributed by atoms with van der Waals surface area (Å²) < 4.78 is 0. The molecule has 0 aliphatic carbocycles. The highest BCUT2D eigenvalue weighted by Gasteiger charge is 2.28. The van der Waals surface area contributed by atoms with E-state index in [1.165, 1.54) is 5.56 Å². The fraction of sp³-hybridized carbons (Fsp3) is 0.375. The Hall–Kier alpha value is -3.02. The molecule has 0 atom stereocenters. The molecule has 0 saturated carbocycles. The van der Waals surface area contributed by atoms with Crippen LogP contribution in [0.5, 0.6) is 0 Å². The maximum absolute atomic E-state index is 13.8. The molecule has 1 N–H and O–H groups in total. The summed E-state index contributed by atoms with van der Waals surface area (Å²) in [5.74, 6) is 0.978. The van der Waals surface area contributed by atoms with Gasteiger partial charge in [0.15, 0.2) is 0 Å². The van der Waals surface area contributed by atoms with Crippen molar-refractivity contribution in [2.45, 2.75) is 39.0 Å². The number of carbonyl (C=O) groups is 2. The second-order valence-corrected chi connectivity index (χ2v) is 11.8. The molecule has 2 saturated heterocycles. The second-order valence-electron chi connectivity index (χ2n) is 10.9. The maximum atomic E-state index is 13.8. The number of carbonyl (C=O) groups excluding carboxylic acids is 2. The molecule has 3 aromatic rings. The van der Waals surface area contributed by atoms with Crippen molar-refractivity contribution in [2.24, 2.45) is 11.8 Å². The average molecular weight is 565 g/mol. The average Bonchev–Trinajstić information content (AvgIpc) is 2.93. The van der Waals surface area contributed by atoms with E-state index in [4.69, 9.17) is 23.2 Å². The van der Waals surface area contributed by atoms with E-state index in [0.717, 1.165) is 64.0 Å². The molecule has 2 amide bonds. The summed E-state index contributed by atoms with van der Waals surface area (Å²) in [7, 11) is 0. The number of anilines is 2. The van der Waals surface area contributed by atoms with Gasteiger partial charge in [-0.3, -0.25) is 9.59 Å². The van der Waals surface area contributed by atoms with Gasteiger partial charge in [0.05, 0.1) is 5.56 Å². The molecular formula is C32H35Cl2N3O2. The van der Waals surface area contributed by atoms with Gasteiger partial charge in [-0.05, 0) is 85.9 Å². The van der Waals surface area contributed by atoms with Gasteiger partial charge in [-0.15, -0.1) is 0 Å². The first-order valence-electron chi connectivity index (χ1n) is 13.9. The fourth-order valence-electron chi connectivity index (χ4n) is 5.66. The molecule has 2 heterocycles. The summed E-state index contributed by atoms with van der Waals surface area (Å²) in [6.45, 7) is 5.57. The van der Waals surface area contributed by atoms with Crippen LogP contribution in [-0.4, -0.2) is 42.9 Å². The normalized spacial score (nSPS) is 16.8. The zero-order valence-corrected chi connectivity index (χ0v) is 23.8. The molecular weight excluding hydrogens is 529 g/mol. The van der Waals surface area contributed by atoms with Crippen molar-refractivity contribution >= 4 is 46.4 Å². The van der Waals surface area contributed by atoms with Crippen LogP contribution in [0.15, 0.2) is 66.7 Å². The van der Waals surface area contributed by atoms with Crippen LogP contribution in [0, 0.1) is 11.8 Å². The number of benzene rings is 3. The molecule has 39 heavy (non-hydrogen) atoms. The number of rotatable bonds is 6. The first kappa shape index (κ1) is 27.5. The van der Waals surface area contributed by atoms with Crippen LogP contribution in [0.3, 0.4) is 0 Å². The standard InChI is InChI=1S/C32H35Cl2N3O2/c1-22-9-13-37(14-10-22)32(39)29-21-28(35-31(38)25-18-26(33)20-27(34)19-25)7-8-30(29)36-15-11-24(12-16-36)17-23-5-3-2-4-6-23/h2-8,18-22,24H,9-17H2,1H3,(H,35,38). The third-order valence-corrected chi connectivity index (χ3v) is 8.44. The number of hydrogen-bond acceptors (Lipinski definition) is 3. The van der Waals surface area contributed by atoms with Crippen LogP contribution < -0.4 is 10.2 Å². The number of amides is 2. The first-order valence-corrected chi connectivity index (χ1v) is 14.6. The second kappa shape index (κ2) is 12.4. The molecule has 3 aromatic carbocycles. The number of piperidine rings is 2. The van der Waals surface area contributed by atoms with Crippen molar-refractivity contribution in [3.8, 4) is 0 Å². The fourth-order valence-corrected chi connectivity index (χ4v) is 6.18. The lowest BCUT2D eigenvalue weighted by atomic mass is 9.89. The maximum Gasteiger partial charge on any atom is 0.256 e. The molecule has 0 aromatic heterocycles. The predicted molar refractivity (Wildman–Crippen MR) is 160 cm³/mol. The summed E-state index contributed by atoms with van der Waals surface area (Å²) in [5, 5.41) is 3.73. The van der Waals surface area contributed by atoms with Gasteiger partial charge in [0.1, 0.15) is 0 Å². The molecule has 0 radical (unpaired) electrons. The zero-order valence-electron chi connectivity index (χ0n) is 22.3. The van der Waals surface area contributed by atoms with Gasteiger partial charge in [0, 0.05) is 53.2 Å². The van der Waals surface area contributed by atoms with Crippen molar-refractivity contribution in [3.63, 3.8) is 0 Å². The van der Waals surface area contributed by atoms with Crippen molar-refractivity contribution in [2.75, 3.05) is 36.4 Å². The molecule has 7 heteroatoms. The smallest absolute Gasteiger partial charge is 0.256 e. The Morgan fingerprint density at radius 2 is 1.51 bits per heavy atom. The Labute approximate surface area is 241 Å². The van der Waals surface area contributed by atoms with Crippen LogP contribution in [0.2, 0.25) is 10.0 Å². The predicted octanol–water partition coefficient (Wildman–Crippen LogP) is 7.58. The highest BCUT2D eigenvalue weighted by Crippen LogP contribution is 2.32. The summed E-state index contributed by atoms with van der Waals surface area (Å²) >= 11 is 12.2. The monoisotopic (exact) mass is 563 g/mol. The van der Waals surface area contributed by atoms with Gasteiger partial charge in [-0.1, -0.05) is 60.5 Å². The van der Waals surface area contributed by atoms with Crippen LogP contribution in [-0.2, 0) is 6.42 Å². The van der Waals surface area contributed by atoms with Crippen molar-refractivity contribution in [3.05, 3.63) is 93.5 Å². The van der Waals surface area contributed by atoms with E-state index >= 15 is 0 Å². The van der Waals surface area contributed by atoms with E-state index in [2.05, 4.69) is 47.5 Å². The third kappa shape index (κ3) is 6.95. The number of halogens is 2. The van der Waals surface area contributed by atoms with Crippen LogP contribution in [0.4, 0.5) is 11.4 Å². The molecule has 2 aliphatic rings. The summed E-state index contributed by atoms with van der Waals surface area (Å²) in [6.07, 6.45) is 5.27. The van der Waals surface area contributed by atoms with Crippen molar-refractivity contribution < 1.29 is 9.59 Å². The van der Waals surface area contributed by atoms with Gasteiger partial charge in [-0.25, -0.2) is 0 Å². The van der Waals surface area contributed by atoms with Crippen LogP contribution in [0.25, 0.3) is 0 Å². The van der Waals surface area contributed by atoms with Gasteiger partial charge < -0.3 is 15.1 Å². The minimum absolute atomic E-state index is 0.0326. The van der Waals surface area contributed by atoms with Crippen molar-refractivity contribution in [1.82, 2.24) is 4.90 Å². The summed E-state index contributed by atoms with van der Waals surface area (Å²) in [6, 6.07) is 21.1. The minimum atomic E-state index is -0.320. The molecule has 204 valence electrons. The topological polar surface area (TPSA) is 52.7 Å². The molecule has 2 fully saturated rings. The van der Waals surface area contributed by atoms with Crippen LogP contribution >= 0.6 is 23.2 Å². The first-order chi connectivity index (χ1) is 18.9. The number of hydrogen-bond donors (Lipinski definition) is 1. The Balaban J connectivity index is 1.35. The Kier molecular flexibility index (Phi) is 8.79. The molecule has 0 spiro atoms. The van der Waals surface area contributed by atoms with Gasteiger partial charge in [-0.2, -0.15) is 0 Å². The van der Waals surface area contributed by atoms with E-state index in [1.807, 2.05) is 23.1 Å². The number of likely N-dealkylation sites (tertiary alicyclic amines) is 1. The SMILES string of the molecule is CC1CCN(C(=O)c2cc(NC(=O)c3cc(Cl)cc(Cl)c3)ccc2N2CCC(Cc3ccccc3)CC2)CC1. The molecule has 5 nitrogen and oxygen atoms in total. The zero-order chi connectivity index (χ0) is 27.4. The highest BCUT2D eigenvalue weighted by molar-refractivity contribution is 6.35. The van der Waals surface area contributed by atoms with E-state index in [9.17, 15) is 9.59 Å². The van der Waals surface area contributed by atoms with Crippen molar-refractivity contribution in [1.29, 1.82) is 0 Å². The third-order valence-electron chi connectivity index (χ3n) is 8.00. The Morgan fingerprint density at radius 1 is 0.846 bits per heavy atom. The summed E-state index contributed by atoms with van der Waals surface area (Å²) in [5.41, 5.74) is 3.92. The van der Waals surface area contributed by atoms with E-state index in [0.29, 0.717) is 38.7 Å². The lowest BCUT2D eigenvalue weighted by Gasteiger charge is -2.36. The highest BCUT2D eigenvalue weighted by atomic mass is 35.5. The lowest BCUT2D eigenvalue weighted by molar-refractivity contribution is 0.0697. The van der Waals surface area contributed by atoms with E-state index in [-0.39, 0.29) is 11.8 Å². The Morgan fingerprint density at radius 3 is 2.18 bits per heavy atom. The number of nitrogens with one attached hydrogen (secondary N) is 1. The van der Waals surface area contributed by atoms with Gasteiger partial charge in [0.25, 0.3) is 11.8 Å². The minimum Gasteiger partial charge on any atom is -0.371 e. The van der Waals surface area contributed by atoms with E-state index < -0.39 is 0 Å².